The Bertz CT molecular complexity index is 357. The van der Waals surface area contributed by atoms with Crippen molar-refractivity contribution in [2.45, 2.75) is 13.0 Å². The smallest absolute Gasteiger partial charge is 0.162 e. The summed E-state index contributed by atoms with van der Waals surface area (Å²) < 4.78 is 10.1. The van der Waals surface area contributed by atoms with Gasteiger partial charge in [-0.3, -0.25) is 0 Å². The minimum atomic E-state index is 0.482. The number of hydrogen-bond donors (Lipinski definition) is 0. The molecule has 0 aliphatic carbocycles. The topological polar surface area (TPSA) is 38.5 Å². The van der Waals surface area contributed by atoms with Crippen LogP contribution in [0.2, 0.25) is 0 Å². The van der Waals surface area contributed by atoms with E-state index in [1.165, 1.54) is 5.57 Å². The molecule has 1 aromatic heterocycles. The van der Waals surface area contributed by atoms with E-state index in [0.717, 1.165) is 31.0 Å². The number of aromatic nitrogens is 1. The lowest BCUT2D eigenvalue weighted by molar-refractivity contribution is 0.156. The molecule has 0 amide bonds. The lowest BCUT2D eigenvalue weighted by Crippen LogP contribution is -2.24. The summed E-state index contributed by atoms with van der Waals surface area (Å²) in [6, 6.07) is 1.95. The second kappa shape index (κ2) is 4.59. The van der Waals surface area contributed by atoms with E-state index in [9.17, 15) is 0 Å². The number of rotatable bonds is 3. The molecule has 0 atom stereocenters. The van der Waals surface area contributed by atoms with E-state index in [1.54, 1.807) is 7.11 Å². The zero-order valence-corrected chi connectivity index (χ0v) is 9.19. The summed E-state index contributed by atoms with van der Waals surface area (Å²) in [6.07, 6.45) is 3.31. The van der Waals surface area contributed by atoms with Gasteiger partial charge in [0.2, 0.25) is 0 Å². The number of methoxy groups -OCH3 is 1. The maximum absolute atomic E-state index is 5.16. The van der Waals surface area contributed by atoms with Crippen LogP contribution in [-0.2, 0) is 11.3 Å². The molecule has 0 unspecified atom stereocenters. The Morgan fingerprint density at radius 2 is 2.47 bits per heavy atom. The van der Waals surface area contributed by atoms with Crippen LogP contribution in [0.1, 0.15) is 17.9 Å². The molecule has 15 heavy (non-hydrogen) atoms. The third kappa shape index (κ3) is 2.46. The highest BCUT2D eigenvalue weighted by Crippen LogP contribution is 2.19. The van der Waals surface area contributed by atoms with E-state index in [-0.39, 0.29) is 0 Å². The van der Waals surface area contributed by atoms with E-state index >= 15 is 0 Å². The number of ether oxygens (including phenoxy) is 1. The zero-order valence-electron chi connectivity index (χ0n) is 9.19. The molecule has 1 aliphatic heterocycles. The minimum absolute atomic E-state index is 0.482. The van der Waals surface area contributed by atoms with Crippen molar-refractivity contribution in [2.75, 3.05) is 27.2 Å². The Morgan fingerprint density at radius 3 is 3.20 bits per heavy atom. The van der Waals surface area contributed by atoms with Crippen LogP contribution in [0.15, 0.2) is 16.7 Å². The first kappa shape index (κ1) is 10.4. The molecule has 0 spiro atoms. The molecule has 0 fully saturated rings. The van der Waals surface area contributed by atoms with Gasteiger partial charge in [0.05, 0.1) is 0 Å². The number of hydrogen-bond acceptors (Lipinski definition) is 4. The zero-order chi connectivity index (χ0) is 10.7. The van der Waals surface area contributed by atoms with Gasteiger partial charge in [-0.05, 0) is 19.0 Å². The average Bonchev–Trinajstić information content (AvgIpc) is 2.67. The van der Waals surface area contributed by atoms with Crippen LogP contribution >= 0.6 is 0 Å². The summed E-state index contributed by atoms with van der Waals surface area (Å²) in [4.78, 5) is 2.28. The van der Waals surface area contributed by atoms with E-state index in [2.05, 4.69) is 23.2 Å². The SMILES string of the molecule is COCc1cc(C2=CCCN(C)C2)no1. The summed E-state index contributed by atoms with van der Waals surface area (Å²) in [7, 11) is 3.76. The van der Waals surface area contributed by atoms with Gasteiger partial charge < -0.3 is 14.2 Å². The molecular formula is C11H16N2O2. The van der Waals surface area contributed by atoms with Crippen molar-refractivity contribution in [1.82, 2.24) is 10.1 Å². The van der Waals surface area contributed by atoms with Crippen molar-refractivity contribution < 1.29 is 9.26 Å². The summed E-state index contributed by atoms with van der Waals surface area (Å²) in [5, 5.41) is 4.04. The molecule has 4 heteroatoms. The lowest BCUT2D eigenvalue weighted by Gasteiger charge is -2.21. The molecule has 1 aromatic rings. The number of likely N-dealkylation sites (N-methyl/N-ethyl adjacent to an activating group) is 1. The molecule has 82 valence electrons. The summed E-state index contributed by atoms with van der Waals surface area (Å²) in [6.45, 7) is 2.54. The first-order chi connectivity index (χ1) is 7.29. The first-order valence-electron chi connectivity index (χ1n) is 5.12. The maximum Gasteiger partial charge on any atom is 0.162 e. The van der Waals surface area contributed by atoms with Crippen LogP contribution in [-0.4, -0.2) is 37.3 Å². The minimum Gasteiger partial charge on any atom is -0.377 e. The van der Waals surface area contributed by atoms with Gasteiger partial charge in [0.15, 0.2) is 5.76 Å². The largest absolute Gasteiger partial charge is 0.377 e. The Morgan fingerprint density at radius 1 is 1.60 bits per heavy atom. The second-order valence-corrected chi connectivity index (χ2v) is 3.87. The van der Waals surface area contributed by atoms with Crippen molar-refractivity contribution in [3.63, 3.8) is 0 Å². The lowest BCUT2D eigenvalue weighted by atomic mass is 10.1. The summed E-state index contributed by atoms with van der Waals surface area (Å²) >= 11 is 0. The van der Waals surface area contributed by atoms with Crippen LogP contribution in [0.25, 0.3) is 5.57 Å². The van der Waals surface area contributed by atoms with Crippen LogP contribution in [0, 0.1) is 0 Å². The third-order valence-corrected chi connectivity index (χ3v) is 2.52. The fourth-order valence-electron chi connectivity index (χ4n) is 1.75. The van der Waals surface area contributed by atoms with E-state index in [1.807, 2.05) is 6.07 Å². The van der Waals surface area contributed by atoms with Crippen molar-refractivity contribution in [3.05, 3.63) is 23.6 Å². The molecule has 0 radical (unpaired) electrons. The molecule has 0 aromatic carbocycles. The quantitative estimate of drug-likeness (QED) is 0.755. The van der Waals surface area contributed by atoms with Gasteiger partial charge in [0, 0.05) is 26.3 Å². The van der Waals surface area contributed by atoms with Crippen LogP contribution in [0.4, 0.5) is 0 Å². The number of nitrogens with zero attached hydrogens (tertiary/aromatic N) is 2. The fourth-order valence-corrected chi connectivity index (χ4v) is 1.75. The maximum atomic E-state index is 5.16. The molecular weight excluding hydrogens is 192 g/mol. The molecule has 1 aliphatic rings. The summed E-state index contributed by atoms with van der Waals surface area (Å²) in [5.74, 6) is 0.779. The molecule has 2 rings (SSSR count). The molecule has 0 saturated carbocycles. The second-order valence-electron chi connectivity index (χ2n) is 3.87. The fraction of sp³-hybridized carbons (Fsp3) is 0.545. The summed E-state index contributed by atoms with van der Waals surface area (Å²) in [5.41, 5.74) is 2.18. The van der Waals surface area contributed by atoms with Gasteiger partial charge in [-0.15, -0.1) is 0 Å². The molecule has 0 bridgehead atoms. The highest BCUT2D eigenvalue weighted by Gasteiger charge is 2.14. The van der Waals surface area contributed by atoms with Gasteiger partial charge in [0.25, 0.3) is 0 Å². The molecule has 0 N–H and O–H groups in total. The van der Waals surface area contributed by atoms with Gasteiger partial charge in [-0.2, -0.15) is 0 Å². The normalized spacial score (nSPS) is 17.9. The molecule has 4 nitrogen and oxygen atoms in total. The standard InChI is InChI=1S/C11H16N2O2/c1-13-5-3-4-9(7-13)11-6-10(8-14-2)15-12-11/h4,6H,3,5,7-8H2,1-2H3. The molecule has 2 heterocycles. The molecule has 0 saturated heterocycles. The van der Waals surface area contributed by atoms with E-state index in [0.29, 0.717) is 6.61 Å². The van der Waals surface area contributed by atoms with Crippen LogP contribution in [0.3, 0.4) is 0 Å². The van der Waals surface area contributed by atoms with Crippen LogP contribution < -0.4 is 0 Å². The van der Waals surface area contributed by atoms with Gasteiger partial charge in [-0.1, -0.05) is 11.2 Å². The highest BCUT2D eigenvalue weighted by molar-refractivity contribution is 5.64. The Labute approximate surface area is 89.5 Å². The predicted molar refractivity (Wildman–Crippen MR) is 57.3 cm³/mol. The Hall–Kier alpha value is -1.13. The Kier molecular flexibility index (Phi) is 3.18. The van der Waals surface area contributed by atoms with Crippen molar-refractivity contribution in [2.24, 2.45) is 0 Å². The van der Waals surface area contributed by atoms with E-state index in [4.69, 9.17) is 9.26 Å². The third-order valence-electron chi connectivity index (χ3n) is 2.52. The monoisotopic (exact) mass is 208 g/mol. The van der Waals surface area contributed by atoms with Gasteiger partial charge in [-0.25, -0.2) is 0 Å². The van der Waals surface area contributed by atoms with Crippen molar-refractivity contribution >= 4 is 5.57 Å². The highest BCUT2D eigenvalue weighted by atomic mass is 16.5. The van der Waals surface area contributed by atoms with E-state index < -0.39 is 0 Å². The first-order valence-corrected chi connectivity index (χ1v) is 5.12. The predicted octanol–water partition coefficient (Wildman–Crippen LogP) is 1.54. The average molecular weight is 208 g/mol. The van der Waals surface area contributed by atoms with Crippen molar-refractivity contribution in [1.29, 1.82) is 0 Å². The van der Waals surface area contributed by atoms with Gasteiger partial charge in [0.1, 0.15) is 12.3 Å². The van der Waals surface area contributed by atoms with Crippen molar-refractivity contribution in [3.8, 4) is 0 Å². The van der Waals surface area contributed by atoms with Gasteiger partial charge >= 0.3 is 0 Å². The Balaban J connectivity index is 2.11. The van der Waals surface area contributed by atoms with Crippen LogP contribution in [0.5, 0.6) is 0 Å².